The van der Waals surface area contributed by atoms with E-state index in [0.717, 1.165) is 0 Å². The van der Waals surface area contributed by atoms with Crippen LogP contribution in [0.25, 0.3) is 0 Å². The van der Waals surface area contributed by atoms with Gasteiger partial charge in [0.05, 0.1) is 5.69 Å². The van der Waals surface area contributed by atoms with E-state index in [2.05, 4.69) is 15.6 Å². The first kappa shape index (κ1) is 10.6. The summed E-state index contributed by atoms with van der Waals surface area (Å²) < 4.78 is 0. The van der Waals surface area contributed by atoms with E-state index in [0.29, 0.717) is 5.69 Å². The van der Waals surface area contributed by atoms with Crippen LogP contribution in [0.1, 0.15) is 19.5 Å². The maximum absolute atomic E-state index is 11.9. The summed E-state index contributed by atoms with van der Waals surface area (Å²) in [6.45, 7) is 3.75. The highest BCUT2D eigenvalue weighted by atomic mass is 16.2. The van der Waals surface area contributed by atoms with Crippen LogP contribution in [-0.4, -0.2) is 16.9 Å². The van der Waals surface area contributed by atoms with E-state index < -0.39 is 11.6 Å². The van der Waals surface area contributed by atoms with Crippen molar-refractivity contribution in [3.8, 4) is 0 Å². The number of carbonyl (C=O) groups excluding carboxylic acids is 2. The molecule has 16 heavy (non-hydrogen) atoms. The predicted molar refractivity (Wildman–Crippen MR) is 57.4 cm³/mol. The standard InChI is InChI=1S/C11H13N3O2/c1-7(2)11(8-5-3-4-6-12-8)9(15)13-10(16)14-11/h3-7H,1-2H3,(H2,13,14,15,16). The lowest BCUT2D eigenvalue weighted by Crippen LogP contribution is -2.48. The molecule has 2 rings (SSSR count). The normalized spacial score (nSPS) is 24.4. The Hall–Kier alpha value is -1.91. The Balaban J connectivity index is 2.53. The van der Waals surface area contributed by atoms with Gasteiger partial charge in [-0.2, -0.15) is 0 Å². The average Bonchev–Trinajstić information content (AvgIpc) is 2.56. The molecule has 0 spiro atoms. The van der Waals surface area contributed by atoms with Crippen LogP contribution < -0.4 is 10.6 Å². The zero-order valence-electron chi connectivity index (χ0n) is 9.15. The molecule has 1 saturated heterocycles. The van der Waals surface area contributed by atoms with E-state index in [4.69, 9.17) is 0 Å². The van der Waals surface area contributed by atoms with E-state index in [9.17, 15) is 9.59 Å². The Kier molecular flexibility index (Phi) is 2.38. The summed E-state index contributed by atoms with van der Waals surface area (Å²) in [6, 6.07) is 4.84. The fourth-order valence-electron chi connectivity index (χ4n) is 1.95. The van der Waals surface area contributed by atoms with Gasteiger partial charge in [0.25, 0.3) is 5.91 Å². The molecule has 5 nitrogen and oxygen atoms in total. The molecule has 2 N–H and O–H groups in total. The Labute approximate surface area is 93.3 Å². The summed E-state index contributed by atoms with van der Waals surface area (Å²) in [5.41, 5.74) is -0.480. The first-order valence-corrected chi connectivity index (χ1v) is 5.12. The second kappa shape index (κ2) is 3.59. The van der Waals surface area contributed by atoms with Crippen molar-refractivity contribution in [2.45, 2.75) is 19.4 Å². The molecule has 1 fully saturated rings. The predicted octanol–water partition coefficient (Wildman–Crippen LogP) is 0.772. The molecule has 84 valence electrons. The smallest absolute Gasteiger partial charge is 0.318 e. The van der Waals surface area contributed by atoms with Gasteiger partial charge in [-0.05, 0) is 18.1 Å². The van der Waals surface area contributed by atoms with Crippen LogP contribution in [0.5, 0.6) is 0 Å². The summed E-state index contributed by atoms with van der Waals surface area (Å²) in [5.74, 6) is -0.417. The van der Waals surface area contributed by atoms with Gasteiger partial charge < -0.3 is 5.32 Å². The SMILES string of the molecule is CC(C)C1(c2ccccn2)NC(=O)NC1=O. The first-order chi connectivity index (χ1) is 7.57. The molecular formula is C11H13N3O2. The highest BCUT2D eigenvalue weighted by Gasteiger charge is 2.51. The van der Waals surface area contributed by atoms with Gasteiger partial charge in [0.2, 0.25) is 0 Å². The van der Waals surface area contributed by atoms with E-state index >= 15 is 0 Å². The van der Waals surface area contributed by atoms with Crippen LogP contribution in [0.15, 0.2) is 24.4 Å². The van der Waals surface area contributed by atoms with Gasteiger partial charge in [-0.1, -0.05) is 19.9 Å². The van der Waals surface area contributed by atoms with Crippen molar-refractivity contribution in [3.63, 3.8) is 0 Å². The third-order valence-electron chi connectivity index (χ3n) is 2.83. The number of nitrogens with one attached hydrogen (secondary N) is 2. The van der Waals surface area contributed by atoms with Gasteiger partial charge in [0.1, 0.15) is 0 Å². The van der Waals surface area contributed by atoms with Crippen molar-refractivity contribution in [1.29, 1.82) is 0 Å². The van der Waals surface area contributed by atoms with E-state index in [-0.39, 0.29) is 11.8 Å². The molecule has 1 unspecified atom stereocenters. The molecule has 1 aliphatic rings. The maximum atomic E-state index is 11.9. The number of carbonyl (C=O) groups is 2. The van der Waals surface area contributed by atoms with Gasteiger partial charge >= 0.3 is 6.03 Å². The summed E-state index contributed by atoms with van der Waals surface area (Å²) in [5, 5.41) is 4.93. The van der Waals surface area contributed by atoms with Crippen molar-refractivity contribution >= 4 is 11.9 Å². The molecule has 0 radical (unpaired) electrons. The summed E-state index contributed by atoms with van der Waals surface area (Å²) in [7, 11) is 0. The van der Waals surface area contributed by atoms with Gasteiger partial charge in [-0.3, -0.25) is 15.1 Å². The Bertz CT molecular complexity index is 430. The number of imide groups is 1. The third-order valence-corrected chi connectivity index (χ3v) is 2.83. The highest BCUT2D eigenvalue weighted by Crippen LogP contribution is 2.30. The molecule has 0 bridgehead atoms. The van der Waals surface area contributed by atoms with Crippen molar-refractivity contribution in [2.75, 3.05) is 0 Å². The highest BCUT2D eigenvalue weighted by molar-refractivity contribution is 6.07. The Morgan fingerprint density at radius 1 is 1.31 bits per heavy atom. The van der Waals surface area contributed by atoms with Crippen LogP contribution in [-0.2, 0) is 10.3 Å². The Morgan fingerprint density at radius 2 is 2.06 bits per heavy atom. The fraction of sp³-hybridized carbons (Fsp3) is 0.364. The van der Waals surface area contributed by atoms with Crippen molar-refractivity contribution in [2.24, 2.45) is 5.92 Å². The summed E-state index contributed by atoms with van der Waals surface area (Å²) in [6.07, 6.45) is 1.61. The molecule has 2 heterocycles. The number of rotatable bonds is 2. The molecule has 1 aliphatic heterocycles. The minimum Gasteiger partial charge on any atom is -0.318 e. The maximum Gasteiger partial charge on any atom is 0.322 e. The number of hydrogen-bond acceptors (Lipinski definition) is 3. The largest absolute Gasteiger partial charge is 0.322 e. The van der Waals surface area contributed by atoms with Crippen molar-refractivity contribution in [1.82, 2.24) is 15.6 Å². The average molecular weight is 219 g/mol. The molecule has 1 atom stereocenters. The zero-order valence-corrected chi connectivity index (χ0v) is 9.15. The van der Waals surface area contributed by atoms with Gasteiger partial charge in [0.15, 0.2) is 5.54 Å². The van der Waals surface area contributed by atoms with Crippen LogP contribution in [0.4, 0.5) is 4.79 Å². The number of pyridine rings is 1. The molecule has 1 aromatic rings. The lowest BCUT2D eigenvalue weighted by atomic mass is 9.83. The molecule has 0 aliphatic carbocycles. The second-order valence-corrected chi connectivity index (χ2v) is 4.09. The summed E-state index contributed by atoms with van der Waals surface area (Å²) in [4.78, 5) is 27.4. The topological polar surface area (TPSA) is 71.1 Å². The number of aromatic nitrogens is 1. The van der Waals surface area contributed by atoms with Crippen LogP contribution in [0, 0.1) is 5.92 Å². The van der Waals surface area contributed by atoms with Crippen LogP contribution >= 0.6 is 0 Å². The number of hydrogen-bond donors (Lipinski definition) is 2. The van der Waals surface area contributed by atoms with Crippen molar-refractivity contribution < 1.29 is 9.59 Å². The second-order valence-electron chi connectivity index (χ2n) is 4.09. The molecule has 3 amide bonds. The van der Waals surface area contributed by atoms with E-state index in [1.54, 1.807) is 24.4 Å². The first-order valence-electron chi connectivity index (χ1n) is 5.12. The molecule has 0 aromatic carbocycles. The lowest BCUT2D eigenvalue weighted by Gasteiger charge is -2.29. The minimum absolute atomic E-state index is 0.0751. The van der Waals surface area contributed by atoms with Gasteiger partial charge in [-0.15, -0.1) is 0 Å². The van der Waals surface area contributed by atoms with E-state index in [1.807, 2.05) is 13.8 Å². The molecule has 5 heteroatoms. The minimum atomic E-state index is -1.04. The number of amides is 3. The monoisotopic (exact) mass is 219 g/mol. The van der Waals surface area contributed by atoms with Gasteiger partial charge in [0, 0.05) is 6.20 Å². The molecular weight excluding hydrogens is 206 g/mol. The lowest BCUT2D eigenvalue weighted by molar-refractivity contribution is -0.126. The van der Waals surface area contributed by atoms with Gasteiger partial charge in [-0.25, -0.2) is 4.79 Å². The fourth-order valence-corrected chi connectivity index (χ4v) is 1.95. The molecule has 0 saturated carbocycles. The van der Waals surface area contributed by atoms with Crippen molar-refractivity contribution in [3.05, 3.63) is 30.1 Å². The number of nitrogens with zero attached hydrogens (tertiary/aromatic N) is 1. The summed E-state index contributed by atoms with van der Waals surface area (Å²) >= 11 is 0. The quantitative estimate of drug-likeness (QED) is 0.722. The number of urea groups is 1. The molecule has 1 aromatic heterocycles. The zero-order chi connectivity index (χ0) is 11.8. The van der Waals surface area contributed by atoms with Crippen LogP contribution in [0.3, 0.4) is 0 Å². The third kappa shape index (κ3) is 1.36. The Morgan fingerprint density at radius 3 is 2.50 bits per heavy atom. The van der Waals surface area contributed by atoms with Crippen LogP contribution in [0.2, 0.25) is 0 Å². The van der Waals surface area contributed by atoms with E-state index in [1.165, 1.54) is 0 Å².